The van der Waals surface area contributed by atoms with Crippen LogP contribution in [0.3, 0.4) is 0 Å². The van der Waals surface area contributed by atoms with Gasteiger partial charge in [-0.15, -0.1) is 0 Å². The Morgan fingerprint density at radius 1 is 0.405 bits per heavy atom. The van der Waals surface area contributed by atoms with Gasteiger partial charge in [0, 0.05) is 6.42 Å². The Bertz CT molecular complexity index is 1450. The Balaban J connectivity index is 1.25. The lowest BCUT2D eigenvalue weighted by atomic mass is 9.96. The van der Waals surface area contributed by atoms with Crippen molar-refractivity contribution in [3.63, 3.8) is 0 Å². The van der Waals surface area contributed by atoms with Gasteiger partial charge in [-0.3, -0.25) is 4.79 Å². The van der Waals surface area contributed by atoms with E-state index in [-0.39, 0.29) is 18.9 Å². The van der Waals surface area contributed by atoms with Crippen LogP contribution < -0.4 is 5.32 Å². The summed E-state index contributed by atoms with van der Waals surface area (Å²) in [5.74, 6) is -0.275. The SMILES string of the molecule is CCCCCCCCCCCCCCCCCCCCCCCCCCCCCCCCCCC(O)C(COC1OC(CO)C(OC2OC(CO)C(OC3OC(CO)C(O)C(O)C3O)C(O)C2O)C(O)C1O)NC(=O)CCCC. The molecule has 3 rings (SSSR count). The molecule has 17 atom stereocenters. The summed E-state index contributed by atoms with van der Waals surface area (Å²) in [6, 6.07) is -0.877. The number of ether oxygens (including phenoxy) is 6. The van der Waals surface area contributed by atoms with Crippen molar-refractivity contribution in [1.82, 2.24) is 5.32 Å². The maximum Gasteiger partial charge on any atom is 0.220 e. The number of hydrogen-bond donors (Lipinski definition) is 12. The standard InChI is InChI=1S/C60H115NO18/c1-3-5-7-8-9-10-11-12-13-14-15-16-17-18-19-20-21-22-23-24-25-26-27-28-29-30-31-32-33-34-35-36-37-44(65)43(61-48(66)38-6-4-2)42-74-58-54(72)51(69)56(46(40-63)76-58)79-60-55(73)52(70)57(47(41-64)77-60)78-59-53(71)50(68)49(67)45(39-62)75-59/h43-47,49-60,62-65,67-73H,3-42H2,1-2H3,(H,61,66). The van der Waals surface area contributed by atoms with Gasteiger partial charge in [0.05, 0.1) is 38.6 Å². The minimum Gasteiger partial charge on any atom is -0.394 e. The number of aliphatic hydroxyl groups is 11. The molecular weight excluding hydrogens is 1020 g/mol. The molecule has 0 aliphatic carbocycles. The van der Waals surface area contributed by atoms with Crippen molar-refractivity contribution in [3.05, 3.63) is 0 Å². The highest BCUT2D eigenvalue weighted by atomic mass is 16.8. The molecule has 0 saturated carbocycles. The Hall–Kier alpha value is -1.21. The molecule has 17 unspecified atom stereocenters. The maximum atomic E-state index is 12.8. The van der Waals surface area contributed by atoms with Crippen LogP contribution in [0.1, 0.15) is 245 Å². The number of aliphatic hydroxyl groups excluding tert-OH is 11. The van der Waals surface area contributed by atoms with E-state index in [1.165, 1.54) is 180 Å². The molecule has 3 fully saturated rings. The maximum absolute atomic E-state index is 12.8. The second-order valence-corrected chi connectivity index (χ2v) is 23.2. The zero-order chi connectivity index (χ0) is 57.6. The average Bonchev–Trinajstić information content (AvgIpc) is 3.51. The molecule has 3 heterocycles. The van der Waals surface area contributed by atoms with E-state index in [9.17, 15) is 61.0 Å². The number of nitrogens with one attached hydrogen (secondary N) is 1. The Kier molecular flexibility index (Phi) is 40.4. The van der Waals surface area contributed by atoms with Gasteiger partial charge in [-0.25, -0.2) is 0 Å². The summed E-state index contributed by atoms with van der Waals surface area (Å²) in [6.07, 6.45) is 18.2. The van der Waals surface area contributed by atoms with Gasteiger partial charge in [0.1, 0.15) is 73.2 Å². The molecule has 19 nitrogen and oxygen atoms in total. The molecule has 79 heavy (non-hydrogen) atoms. The van der Waals surface area contributed by atoms with Crippen molar-refractivity contribution in [3.8, 4) is 0 Å². The molecule has 3 saturated heterocycles. The third-order valence-electron chi connectivity index (χ3n) is 16.4. The van der Waals surface area contributed by atoms with Gasteiger partial charge < -0.3 is 89.9 Å². The monoisotopic (exact) mass is 1140 g/mol. The fraction of sp³-hybridized carbons (Fsp3) is 0.983. The van der Waals surface area contributed by atoms with Crippen LogP contribution in [-0.4, -0.2) is 193 Å². The average molecular weight is 1140 g/mol. The fourth-order valence-electron chi connectivity index (χ4n) is 11.2. The predicted octanol–water partition coefficient (Wildman–Crippen LogP) is 6.38. The van der Waals surface area contributed by atoms with Gasteiger partial charge in [-0.2, -0.15) is 0 Å². The summed E-state index contributed by atoms with van der Waals surface area (Å²) in [5.41, 5.74) is 0. The van der Waals surface area contributed by atoms with Crippen LogP contribution in [0.5, 0.6) is 0 Å². The summed E-state index contributed by atoms with van der Waals surface area (Å²) in [4.78, 5) is 12.8. The molecule has 468 valence electrons. The van der Waals surface area contributed by atoms with E-state index in [0.717, 1.165) is 32.1 Å². The van der Waals surface area contributed by atoms with Crippen LogP contribution in [0, 0.1) is 0 Å². The van der Waals surface area contributed by atoms with Crippen molar-refractivity contribution >= 4 is 5.91 Å². The first kappa shape index (κ1) is 72.1. The largest absolute Gasteiger partial charge is 0.394 e. The molecule has 3 aliphatic heterocycles. The van der Waals surface area contributed by atoms with Crippen LogP contribution in [0.2, 0.25) is 0 Å². The van der Waals surface area contributed by atoms with Crippen LogP contribution in [0.4, 0.5) is 0 Å². The Morgan fingerprint density at radius 2 is 0.722 bits per heavy atom. The van der Waals surface area contributed by atoms with Crippen molar-refractivity contribution in [1.29, 1.82) is 0 Å². The first-order valence-electron chi connectivity index (χ1n) is 31.8. The van der Waals surface area contributed by atoms with Crippen LogP contribution in [0.25, 0.3) is 0 Å². The molecule has 0 bridgehead atoms. The van der Waals surface area contributed by atoms with Gasteiger partial charge >= 0.3 is 0 Å². The highest BCUT2D eigenvalue weighted by Crippen LogP contribution is 2.33. The first-order chi connectivity index (χ1) is 38.3. The van der Waals surface area contributed by atoms with Gasteiger partial charge in [-0.05, 0) is 12.8 Å². The normalized spacial score (nSPS) is 30.2. The van der Waals surface area contributed by atoms with Crippen molar-refractivity contribution < 1.29 is 89.4 Å². The first-order valence-corrected chi connectivity index (χ1v) is 31.8. The van der Waals surface area contributed by atoms with Gasteiger partial charge in [0.2, 0.25) is 5.91 Å². The van der Waals surface area contributed by atoms with Crippen LogP contribution in [-0.2, 0) is 33.2 Å². The second-order valence-electron chi connectivity index (χ2n) is 23.2. The topological polar surface area (TPSA) is 307 Å². The highest BCUT2D eigenvalue weighted by Gasteiger charge is 2.53. The van der Waals surface area contributed by atoms with Crippen molar-refractivity contribution in [2.75, 3.05) is 26.4 Å². The molecular formula is C60H115NO18. The minimum atomic E-state index is -1.97. The summed E-state index contributed by atoms with van der Waals surface area (Å²) >= 11 is 0. The summed E-state index contributed by atoms with van der Waals surface area (Å²) in [6.45, 7) is 1.55. The zero-order valence-corrected chi connectivity index (χ0v) is 48.9. The summed E-state index contributed by atoms with van der Waals surface area (Å²) in [5, 5.41) is 119. The molecule has 0 aromatic rings. The molecule has 0 radical (unpaired) electrons. The molecule has 0 spiro atoms. The van der Waals surface area contributed by atoms with E-state index in [4.69, 9.17) is 28.4 Å². The molecule has 0 aromatic heterocycles. The zero-order valence-electron chi connectivity index (χ0n) is 48.9. The third-order valence-corrected chi connectivity index (χ3v) is 16.4. The number of hydrogen-bond acceptors (Lipinski definition) is 18. The van der Waals surface area contributed by atoms with Crippen molar-refractivity contribution in [2.24, 2.45) is 0 Å². The van der Waals surface area contributed by atoms with E-state index in [2.05, 4.69) is 12.2 Å². The molecule has 12 N–H and O–H groups in total. The molecule has 3 aliphatic rings. The lowest BCUT2D eigenvalue weighted by Crippen LogP contribution is -2.66. The smallest absolute Gasteiger partial charge is 0.220 e. The second kappa shape index (κ2) is 44.3. The highest BCUT2D eigenvalue weighted by molar-refractivity contribution is 5.76. The quantitative estimate of drug-likeness (QED) is 0.0294. The number of unbranched alkanes of at least 4 members (excludes halogenated alkanes) is 32. The van der Waals surface area contributed by atoms with Crippen LogP contribution >= 0.6 is 0 Å². The Labute approximate surface area is 474 Å². The lowest BCUT2D eigenvalue weighted by Gasteiger charge is -2.48. The fourth-order valence-corrected chi connectivity index (χ4v) is 11.2. The van der Waals surface area contributed by atoms with Gasteiger partial charge in [-0.1, -0.05) is 226 Å². The molecule has 19 heteroatoms. The summed E-state index contributed by atoms with van der Waals surface area (Å²) < 4.78 is 34.0. The lowest BCUT2D eigenvalue weighted by molar-refractivity contribution is -0.379. The number of rotatable bonds is 48. The third kappa shape index (κ3) is 28.0. The van der Waals surface area contributed by atoms with E-state index in [1.54, 1.807) is 0 Å². The van der Waals surface area contributed by atoms with E-state index in [0.29, 0.717) is 12.8 Å². The van der Waals surface area contributed by atoms with Crippen molar-refractivity contribution in [2.45, 2.75) is 349 Å². The number of amides is 1. The van der Waals surface area contributed by atoms with E-state index < -0.39 is 124 Å². The molecule has 1 amide bonds. The molecule has 0 aromatic carbocycles. The number of carbonyl (C=O) groups excluding carboxylic acids is 1. The van der Waals surface area contributed by atoms with Gasteiger partial charge in [0.15, 0.2) is 18.9 Å². The van der Waals surface area contributed by atoms with Crippen LogP contribution in [0.15, 0.2) is 0 Å². The minimum absolute atomic E-state index is 0.244. The predicted molar refractivity (Wildman–Crippen MR) is 300 cm³/mol. The van der Waals surface area contributed by atoms with E-state index in [1.807, 2.05) is 6.92 Å². The van der Waals surface area contributed by atoms with Gasteiger partial charge in [0.25, 0.3) is 0 Å². The summed E-state index contributed by atoms with van der Waals surface area (Å²) in [7, 11) is 0. The number of carbonyl (C=O) groups is 1. The Morgan fingerprint density at radius 3 is 1.09 bits per heavy atom. The van der Waals surface area contributed by atoms with E-state index >= 15 is 0 Å².